The molecule has 4 aromatic heterocycles. The topological polar surface area (TPSA) is 140 Å². The van der Waals surface area contributed by atoms with Crippen LogP contribution in [0.1, 0.15) is 32.6 Å². The van der Waals surface area contributed by atoms with Crippen molar-refractivity contribution in [2.24, 2.45) is 0 Å². The number of rotatable bonds is 14. The van der Waals surface area contributed by atoms with Crippen molar-refractivity contribution in [1.82, 2.24) is 19.9 Å². The van der Waals surface area contributed by atoms with Crippen LogP contribution in [0.4, 0.5) is 34.1 Å². The van der Waals surface area contributed by atoms with Gasteiger partial charge in [-0.25, -0.2) is 14.8 Å². The molecule has 0 spiro atoms. The molecule has 0 aliphatic carbocycles. The van der Waals surface area contributed by atoms with Gasteiger partial charge in [-0.3, -0.25) is 9.97 Å². The normalized spacial score (nSPS) is 11.1. The third-order valence-electron chi connectivity index (χ3n) is 16.9. The van der Waals surface area contributed by atoms with Crippen molar-refractivity contribution in [3.8, 4) is 34.2 Å². The number of aromatic carboxylic acids is 1. The molecule has 96 heavy (non-hydrogen) atoms. The van der Waals surface area contributed by atoms with Crippen LogP contribution in [0.3, 0.4) is 0 Å². The van der Waals surface area contributed by atoms with Gasteiger partial charge in [0.2, 0.25) is 0 Å². The summed E-state index contributed by atoms with van der Waals surface area (Å²) < 4.78 is 0. The zero-order valence-electron chi connectivity index (χ0n) is 51.0. The number of isothiocyanates is 2. The van der Waals surface area contributed by atoms with Crippen molar-refractivity contribution < 1.29 is 29.4 Å². The molecule has 12 aromatic carbocycles. The molecule has 0 fully saturated rings. The minimum absolute atomic E-state index is 0. The first-order valence-corrected chi connectivity index (χ1v) is 31.3. The average molecular weight is 1360 g/mol. The Morgan fingerprint density at radius 2 is 0.667 bits per heavy atom. The molecule has 0 bridgehead atoms. The Kier molecular flexibility index (Phi) is 18.4. The molecule has 0 saturated carbocycles. The zero-order valence-corrected chi connectivity index (χ0v) is 54.4. The van der Waals surface area contributed by atoms with Crippen LogP contribution in [-0.4, -0.2) is 41.3 Å². The van der Waals surface area contributed by atoms with Crippen molar-refractivity contribution in [3.63, 3.8) is 0 Å². The largest absolute Gasteiger partial charge is 2.00 e. The standard InChI is InChI=1S/C81H52N6O2.2CNS.Ru/c88-81(89)64-41-43-83-74(51-64)71-18-9-19-72(84-71)75-45-55(23-21-53-26-38-68(39-27-53)87(66-16-5-2-6-17-66)70-49-62-34-30-58-12-8-13-59-31-35-63(50-70)80(62)78(58)59)46-76(85-75)73-44-54(40-42-82-73)22-20-52-24-36-67(37-25-52)86(65-14-3-1-4-15-65)69-47-60-32-28-56-10-7-11-57-29-33-61(48-69)79(60)77(56)57;2*2-1-3;/h1-51H,(H,88,89);;;/q;2*-1;+2/b22-20+,23-21+;;;. The number of hydrogen-bond acceptors (Lipinski definition) is 9. The van der Waals surface area contributed by atoms with Crippen LogP contribution in [0.15, 0.2) is 285 Å². The van der Waals surface area contributed by atoms with Crippen LogP contribution < -0.4 is 9.80 Å². The van der Waals surface area contributed by atoms with E-state index in [9.17, 15) is 9.90 Å². The summed E-state index contributed by atoms with van der Waals surface area (Å²) in [7, 11) is 0. The van der Waals surface area contributed by atoms with Crippen molar-refractivity contribution in [3.05, 3.63) is 324 Å². The second-order valence-electron chi connectivity index (χ2n) is 22.6. The van der Waals surface area contributed by atoms with E-state index in [1.54, 1.807) is 0 Å². The first kappa shape index (κ1) is 62.9. The van der Waals surface area contributed by atoms with Crippen molar-refractivity contribution in [1.29, 1.82) is 0 Å². The third kappa shape index (κ3) is 13.0. The number of nitrogens with zero attached hydrogens (tertiary/aromatic N) is 8. The summed E-state index contributed by atoms with van der Waals surface area (Å²) in [6.45, 7) is 0. The van der Waals surface area contributed by atoms with Gasteiger partial charge in [-0.2, -0.15) is 10.3 Å². The number of benzene rings is 12. The monoisotopic (exact) mass is 1360 g/mol. The summed E-state index contributed by atoms with van der Waals surface area (Å²) in [6.07, 6.45) is 11.7. The van der Waals surface area contributed by atoms with E-state index in [0.29, 0.717) is 34.2 Å². The maximum Gasteiger partial charge on any atom is 2.00 e. The zero-order chi connectivity index (χ0) is 64.8. The molecule has 1 N–H and O–H groups in total. The molecular weight excluding hydrogens is 1310 g/mol. The fourth-order valence-electron chi connectivity index (χ4n) is 12.7. The fraction of sp³-hybridized carbons (Fsp3) is 0. The van der Waals surface area contributed by atoms with Crippen LogP contribution in [0.5, 0.6) is 0 Å². The molecule has 0 amide bonds. The van der Waals surface area contributed by atoms with E-state index in [2.05, 4.69) is 288 Å². The quantitative estimate of drug-likeness (QED) is 0.0484. The maximum atomic E-state index is 12.0. The number of para-hydroxylation sites is 2. The summed E-state index contributed by atoms with van der Waals surface area (Å²) >= 11 is 7.40. The minimum atomic E-state index is -1.03. The smallest absolute Gasteiger partial charge is 0.753 e. The number of aromatic nitrogens is 4. The van der Waals surface area contributed by atoms with E-state index in [1.807, 2.05) is 42.6 Å². The number of pyridine rings is 4. The molecule has 16 aromatic rings. The SMILES string of the molecule is O=C(O)c1ccnc(-c2cccc(-c3cc(/C=C/c4ccc(N(c5ccccc5)c5cc6ccc7cccc8ccc(c5)c6c78)cc4)cc(-c4cc(/C=C/c5ccc(N(c6ccccc6)c6cc7ccc8cccc9ccc(c6)c7c89)cc5)ccn4)n3)n2)c1.[N-]=C=S.[N-]=C=S.[Ru+2]. The van der Waals surface area contributed by atoms with E-state index >= 15 is 0 Å². The van der Waals surface area contributed by atoms with Crippen LogP contribution in [-0.2, 0) is 19.5 Å². The van der Waals surface area contributed by atoms with E-state index in [0.717, 1.165) is 56.4 Å². The Labute approximate surface area is 577 Å². The second-order valence-corrected chi connectivity index (χ2v) is 23.0. The molecule has 0 unspecified atom stereocenters. The summed E-state index contributed by atoms with van der Waals surface area (Å²) in [5.41, 5.74) is 14.0. The Bertz CT molecular complexity index is 5520. The van der Waals surface area contributed by atoms with Gasteiger partial charge in [0.05, 0.1) is 39.7 Å². The molecule has 0 aliphatic heterocycles. The van der Waals surface area contributed by atoms with Crippen molar-refractivity contribution in [2.75, 3.05) is 9.80 Å². The summed E-state index contributed by atoms with van der Waals surface area (Å²) in [4.78, 5) is 36.2. The van der Waals surface area contributed by atoms with Crippen LogP contribution in [0.25, 0.3) is 134 Å². The molecule has 10 nitrogen and oxygen atoms in total. The van der Waals surface area contributed by atoms with Crippen LogP contribution in [0.2, 0.25) is 0 Å². The maximum absolute atomic E-state index is 12.0. The van der Waals surface area contributed by atoms with Gasteiger partial charge in [-0.1, -0.05) is 200 Å². The summed E-state index contributed by atoms with van der Waals surface area (Å²) in [5, 5.41) is 41.7. The number of anilines is 6. The fourth-order valence-corrected chi connectivity index (χ4v) is 12.7. The van der Waals surface area contributed by atoms with Gasteiger partial charge >= 0.3 is 25.4 Å². The molecule has 16 rings (SSSR count). The van der Waals surface area contributed by atoms with Gasteiger partial charge in [0.15, 0.2) is 0 Å². The van der Waals surface area contributed by atoms with E-state index < -0.39 is 5.97 Å². The van der Waals surface area contributed by atoms with E-state index in [1.165, 1.54) is 93.3 Å². The van der Waals surface area contributed by atoms with Gasteiger partial charge in [-0.05, 0) is 208 Å². The number of carboxylic acid groups (broad SMARTS) is 1. The summed E-state index contributed by atoms with van der Waals surface area (Å²) in [5.74, 6) is -1.03. The first-order valence-electron chi connectivity index (χ1n) is 30.5. The van der Waals surface area contributed by atoms with Crippen LogP contribution in [0, 0.1) is 0 Å². The molecule has 0 saturated heterocycles. The van der Waals surface area contributed by atoms with Crippen molar-refractivity contribution >= 4 is 164 Å². The van der Waals surface area contributed by atoms with Gasteiger partial charge in [0.1, 0.15) is 0 Å². The molecule has 13 heteroatoms. The molecule has 0 atom stereocenters. The predicted molar refractivity (Wildman–Crippen MR) is 400 cm³/mol. The predicted octanol–water partition coefficient (Wildman–Crippen LogP) is 22.4. The second kappa shape index (κ2) is 28.1. The Hall–Kier alpha value is -11.9. The Morgan fingerprint density at radius 3 is 1.11 bits per heavy atom. The van der Waals surface area contributed by atoms with E-state index in [4.69, 9.17) is 25.8 Å². The van der Waals surface area contributed by atoms with E-state index in [-0.39, 0.29) is 25.0 Å². The number of carbonyl (C=O) groups is 1. The molecule has 456 valence electrons. The number of hydrogen-bond donors (Lipinski definition) is 1. The Balaban J connectivity index is 0.00000115. The van der Waals surface area contributed by atoms with Gasteiger partial charge in [-0.15, -0.1) is 0 Å². The number of carboxylic acids is 1. The van der Waals surface area contributed by atoms with Gasteiger partial charge < -0.3 is 25.7 Å². The molecule has 4 heterocycles. The van der Waals surface area contributed by atoms with Gasteiger partial charge in [0, 0.05) is 46.5 Å². The first-order chi connectivity index (χ1) is 46.7. The molecule has 0 radical (unpaired) electrons. The Morgan fingerprint density at radius 1 is 0.333 bits per heavy atom. The number of thiocarbonyl (C=S) groups is 2. The van der Waals surface area contributed by atoms with Crippen LogP contribution >= 0.6 is 24.4 Å². The molecule has 0 aliphatic rings. The third-order valence-corrected chi connectivity index (χ3v) is 16.9. The minimum Gasteiger partial charge on any atom is -0.753 e. The summed E-state index contributed by atoms with van der Waals surface area (Å²) in [6, 6.07) is 95.3. The van der Waals surface area contributed by atoms with Gasteiger partial charge in [0.25, 0.3) is 0 Å². The average Bonchev–Trinajstić information content (AvgIpc) is 0.751. The molecular formula is C83H52N8O2RuS2. The van der Waals surface area contributed by atoms with Crippen molar-refractivity contribution in [2.45, 2.75) is 0 Å².